The Bertz CT molecular complexity index is 2620. The highest BCUT2D eigenvalue weighted by Gasteiger charge is 2.41. The van der Waals surface area contributed by atoms with Crippen LogP contribution in [0.15, 0.2) is 48.7 Å². The molecular weight excluding hydrogens is 893 g/mol. The number of halogens is 2. The summed E-state index contributed by atoms with van der Waals surface area (Å²) in [7, 11) is 3.19. The smallest absolute Gasteiger partial charge is 0.324 e. The summed E-state index contributed by atoms with van der Waals surface area (Å²) in [6.45, 7) is 11.0. The van der Waals surface area contributed by atoms with Gasteiger partial charge in [-0.2, -0.15) is 0 Å². The number of nitrogens with one attached hydrogen (secondary N) is 2. The lowest BCUT2D eigenvalue weighted by molar-refractivity contribution is -0.155. The first-order valence-electron chi connectivity index (χ1n) is 23.7. The number of aromatic hydroxyl groups is 1. The second-order valence-electron chi connectivity index (χ2n) is 20.1. The summed E-state index contributed by atoms with van der Waals surface area (Å²) < 4.78 is 28.0. The van der Waals surface area contributed by atoms with Gasteiger partial charge in [0.15, 0.2) is 0 Å². The van der Waals surface area contributed by atoms with Gasteiger partial charge in [0, 0.05) is 69.3 Å². The molecule has 15 nitrogen and oxygen atoms in total. The number of phenolic OH excluding ortho intramolecular Hbond substituents is 1. The number of hydrogen-bond acceptors (Lipinski definition) is 10. The van der Waals surface area contributed by atoms with Gasteiger partial charge >= 0.3 is 5.97 Å². The highest BCUT2D eigenvalue weighted by Crippen LogP contribution is 2.45. The molecule has 2 aromatic carbocycles. The molecule has 8 rings (SSSR count). The van der Waals surface area contributed by atoms with Crippen molar-refractivity contribution in [3.05, 3.63) is 71.0 Å². The largest absolute Gasteiger partial charge is 0.508 e. The number of methoxy groups -OCH3 is 1. The fraction of sp³-hybridized carbons (Fsp3) is 0.529. The zero-order valence-corrected chi connectivity index (χ0v) is 40.7. The number of fused-ring (bicyclic) bond motifs is 6. The highest BCUT2D eigenvalue weighted by atomic mass is 35.5. The molecule has 2 fully saturated rings. The van der Waals surface area contributed by atoms with E-state index >= 15 is 0 Å². The van der Waals surface area contributed by atoms with Crippen LogP contribution < -0.4 is 10.7 Å². The van der Waals surface area contributed by atoms with Crippen molar-refractivity contribution in [2.45, 2.75) is 116 Å². The first-order valence-corrected chi connectivity index (χ1v) is 24.2. The molecule has 4 aliphatic heterocycles. The zero-order chi connectivity index (χ0) is 48.8. The molecule has 4 aliphatic rings. The SMILES string of the molecule is CO[C@@H](C)c1ncccc1-c1c2c3cc(cc4c3n1CCC4)-c1cc(O)cc(c1)C[C@H](NC(=O)[C@H](C(C)C)N(C)C(=O)[C@H]1CCN(C(=O)[C@H](F)Cl)C1)C(=O)N1CCC[C@H](N1)C(=O)OCC(C)(C)C2. The maximum atomic E-state index is 14.8. The van der Waals surface area contributed by atoms with Crippen LogP contribution in [0.25, 0.3) is 33.3 Å². The minimum Gasteiger partial charge on any atom is -0.508 e. The van der Waals surface area contributed by atoms with Crippen LogP contribution in [0.4, 0.5) is 4.39 Å². The third kappa shape index (κ3) is 9.82. The van der Waals surface area contributed by atoms with Crippen molar-refractivity contribution in [2.24, 2.45) is 17.3 Å². The van der Waals surface area contributed by atoms with Gasteiger partial charge < -0.3 is 34.3 Å². The number of likely N-dealkylation sites (N-methyl/N-ethyl adjacent to an activating group) is 1. The quantitative estimate of drug-likeness (QED) is 0.129. The van der Waals surface area contributed by atoms with Gasteiger partial charge in [0.05, 0.1) is 35.5 Å². The number of ether oxygens (including phenoxy) is 2. The standard InChI is InChI=1S/C51H63ClFN7O8/c1-28(2)42(57(6)47(63)32-14-18-58(26-32)49(65)45(52)53)46(62)55-40-21-30-19-33(23-35(61)20-30)34-22-31-11-9-16-59-43(31)37(24-34)38(44(59)36-12-8-15-54-41(36)29(3)67-7)25-51(4,5)27-68-50(66)39-13-10-17-60(56-39)48(40)64/h8,12,15,19-20,22-24,28-29,32,39-40,42,45,56,61H,9-11,13-14,16-18,21,25-27H2,1-7H3,(H,55,62)/t29-,32-,39-,40-,42-,45-/m0/s1. The van der Waals surface area contributed by atoms with Crippen molar-refractivity contribution in [2.75, 3.05) is 40.4 Å². The van der Waals surface area contributed by atoms with Gasteiger partial charge in [0.25, 0.3) is 17.4 Å². The summed E-state index contributed by atoms with van der Waals surface area (Å²) in [5.74, 6) is -4.01. The number of carbonyl (C=O) groups excluding carboxylic acids is 5. The van der Waals surface area contributed by atoms with Crippen LogP contribution >= 0.6 is 11.6 Å². The maximum absolute atomic E-state index is 14.8. The molecule has 0 aliphatic carbocycles. The molecule has 6 bridgehead atoms. The number of aromatic nitrogens is 2. The summed E-state index contributed by atoms with van der Waals surface area (Å²) in [5, 5.41) is 16.8. The third-order valence-electron chi connectivity index (χ3n) is 14.1. The summed E-state index contributed by atoms with van der Waals surface area (Å²) in [5.41, 5.74) is 8.70. The molecule has 4 amide bonds. The van der Waals surface area contributed by atoms with E-state index in [-0.39, 0.29) is 50.9 Å². The Morgan fingerprint density at radius 2 is 1.82 bits per heavy atom. The van der Waals surface area contributed by atoms with Gasteiger partial charge in [-0.25, -0.2) is 9.82 Å². The Morgan fingerprint density at radius 1 is 1.06 bits per heavy atom. The van der Waals surface area contributed by atoms with E-state index in [4.69, 9.17) is 26.1 Å². The molecule has 2 aromatic heterocycles. The molecule has 0 saturated carbocycles. The number of carbonyl (C=O) groups is 5. The van der Waals surface area contributed by atoms with Crippen LogP contribution in [0.2, 0.25) is 0 Å². The molecule has 6 heterocycles. The molecule has 0 unspecified atom stereocenters. The normalized spacial score (nSPS) is 22.1. The molecule has 3 N–H and O–H groups in total. The van der Waals surface area contributed by atoms with E-state index in [0.717, 1.165) is 69.5 Å². The average Bonchev–Trinajstić information content (AvgIpc) is 3.92. The van der Waals surface area contributed by atoms with Crippen LogP contribution in [0.3, 0.4) is 0 Å². The Hall–Kier alpha value is -5.58. The Balaban J connectivity index is 1.21. The molecule has 2 saturated heterocycles. The van der Waals surface area contributed by atoms with Crippen LogP contribution in [0.5, 0.6) is 5.75 Å². The summed E-state index contributed by atoms with van der Waals surface area (Å²) >= 11 is 5.42. The number of likely N-dealkylation sites (tertiary alicyclic amines) is 1. The molecular formula is C51H63ClFN7O8. The molecule has 4 aromatic rings. The van der Waals surface area contributed by atoms with E-state index in [9.17, 15) is 33.5 Å². The summed E-state index contributed by atoms with van der Waals surface area (Å²) in [4.78, 5) is 76.8. The molecule has 6 atom stereocenters. The van der Waals surface area contributed by atoms with Crippen molar-refractivity contribution >= 4 is 52.1 Å². The predicted octanol–water partition coefficient (Wildman–Crippen LogP) is 6.24. The number of rotatable bonds is 9. The monoisotopic (exact) mass is 955 g/mol. The van der Waals surface area contributed by atoms with Crippen molar-refractivity contribution in [3.63, 3.8) is 0 Å². The van der Waals surface area contributed by atoms with Gasteiger partial charge in [-0.1, -0.05) is 45.4 Å². The van der Waals surface area contributed by atoms with Gasteiger partial charge in [0.1, 0.15) is 23.9 Å². The van der Waals surface area contributed by atoms with E-state index in [1.54, 1.807) is 39.3 Å². The molecule has 0 radical (unpaired) electrons. The second-order valence-corrected chi connectivity index (χ2v) is 20.4. The fourth-order valence-corrected chi connectivity index (χ4v) is 10.8. The fourth-order valence-electron chi connectivity index (χ4n) is 10.7. The topological polar surface area (TPSA) is 176 Å². The molecule has 17 heteroatoms. The zero-order valence-electron chi connectivity index (χ0n) is 39.9. The number of benzene rings is 2. The maximum Gasteiger partial charge on any atom is 0.324 e. The van der Waals surface area contributed by atoms with E-state index in [0.29, 0.717) is 24.8 Å². The lowest BCUT2D eigenvalue weighted by Gasteiger charge is -2.37. The summed E-state index contributed by atoms with van der Waals surface area (Å²) in [6, 6.07) is 10.5. The molecule has 68 heavy (non-hydrogen) atoms. The van der Waals surface area contributed by atoms with E-state index in [2.05, 4.69) is 47.4 Å². The van der Waals surface area contributed by atoms with Gasteiger partial charge in [0.2, 0.25) is 11.8 Å². The number of pyridine rings is 1. The minimum absolute atomic E-state index is 0.0204. The predicted molar refractivity (Wildman–Crippen MR) is 255 cm³/mol. The number of esters is 1. The van der Waals surface area contributed by atoms with Crippen LogP contribution in [-0.2, 0) is 59.3 Å². The van der Waals surface area contributed by atoms with Crippen molar-refractivity contribution in [1.29, 1.82) is 0 Å². The molecule has 364 valence electrons. The third-order valence-corrected chi connectivity index (χ3v) is 14.2. The Labute approximate surface area is 401 Å². The van der Waals surface area contributed by atoms with Crippen LogP contribution in [-0.4, -0.2) is 123 Å². The lowest BCUT2D eigenvalue weighted by atomic mass is 9.83. The number of phenols is 1. The van der Waals surface area contributed by atoms with E-state index < -0.39 is 70.6 Å². The van der Waals surface area contributed by atoms with E-state index in [1.807, 2.05) is 19.1 Å². The number of amides is 4. The number of aryl methyl sites for hydroxylation is 2. The second kappa shape index (κ2) is 19.8. The number of hydrogen-bond donors (Lipinski definition) is 3. The Kier molecular flexibility index (Phi) is 14.2. The number of nitrogens with zero attached hydrogens (tertiary/aromatic N) is 5. The average molecular weight is 957 g/mol. The molecule has 0 spiro atoms. The van der Waals surface area contributed by atoms with Crippen LogP contribution in [0, 0.1) is 17.3 Å². The number of hydrazine groups is 1. The first kappa shape index (κ1) is 48.9. The lowest BCUT2D eigenvalue weighted by Crippen LogP contribution is -2.62. The Morgan fingerprint density at radius 3 is 2.56 bits per heavy atom. The number of cyclic esters (lactones) is 1. The van der Waals surface area contributed by atoms with Crippen molar-refractivity contribution < 1.29 is 42.9 Å². The van der Waals surface area contributed by atoms with Gasteiger partial charge in [-0.15, -0.1) is 0 Å². The minimum atomic E-state index is -2.22. The van der Waals surface area contributed by atoms with Gasteiger partial charge in [-0.05, 0) is 116 Å². The number of alkyl halides is 2. The van der Waals surface area contributed by atoms with Crippen molar-refractivity contribution in [3.8, 4) is 28.1 Å². The van der Waals surface area contributed by atoms with Crippen LogP contribution in [0.1, 0.15) is 88.8 Å². The van der Waals surface area contributed by atoms with Gasteiger partial charge in [-0.3, -0.25) is 34.0 Å². The first-order chi connectivity index (χ1) is 32.3. The van der Waals surface area contributed by atoms with E-state index in [1.165, 1.54) is 21.9 Å². The summed E-state index contributed by atoms with van der Waals surface area (Å²) in [6.07, 6.45) is 4.92. The highest BCUT2D eigenvalue weighted by molar-refractivity contribution is 6.29. The van der Waals surface area contributed by atoms with Crippen molar-refractivity contribution in [1.82, 2.24) is 35.1 Å².